The molecule has 1 aromatic rings. The van der Waals surface area contributed by atoms with Crippen molar-refractivity contribution < 1.29 is 17.9 Å². The first-order valence-electron chi connectivity index (χ1n) is 9.71. The Balaban J connectivity index is 2.29. The number of amides is 1. The highest BCUT2D eigenvalue weighted by Crippen LogP contribution is 2.26. The minimum atomic E-state index is -3.62. The molecule has 2 rings (SSSR count). The second-order valence-corrected chi connectivity index (χ2v) is 9.00. The molecule has 1 N–H and O–H groups in total. The summed E-state index contributed by atoms with van der Waals surface area (Å²) in [5, 5.41) is 2.94. The van der Waals surface area contributed by atoms with E-state index in [1.54, 1.807) is 12.1 Å². The van der Waals surface area contributed by atoms with E-state index in [0.29, 0.717) is 38.4 Å². The van der Waals surface area contributed by atoms with Gasteiger partial charge in [0.1, 0.15) is 0 Å². The van der Waals surface area contributed by atoms with E-state index in [1.165, 1.54) is 20.2 Å². The molecule has 0 atom stereocenters. The highest BCUT2D eigenvalue weighted by atomic mass is 32.2. The molecule has 0 spiro atoms. The maximum absolute atomic E-state index is 12.9. The van der Waals surface area contributed by atoms with Crippen LogP contribution in [0.2, 0.25) is 0 Å². The summed E-state index contributed by atoms with van der Waals surface area (Å²) in [5.74, 6) is -0.260. The Morgan fingerprint density at radius 3 is 2.39 bits per heavy atom. The molecule has 1 aromatic carbocycles. The lowest BCUT2D eigenvalue weighted by molar-refractivity contribution is 0.0947. The van der Waals surface area contributed by atoms with Crippen molar-refractivity contribution in [3.63, 3.8) is 0 Å². The van der Waals surface area contributed by atoms with Gasteiger partial charge in [-0.15, -0.1) is 0 Å². The first-order chi connectivity index (χ1) is 13.3. The van der Waals surface area contributed by atoms with E-state index in [9.17, 15) is 13.2 Å². The van der Waals surface area contributed by atoms with Crippen LogP contribution in [0.3, 0.4) is 0 Å². The van der Waals surface area contributed by atoms with Gasteiger partial charge in [0.05, 0.1) is 23.7 Å². The molecule has 1 saturated heterocycles. The Labute approximate surface area is 168 Å². The number of nitrogens with zero attached hydrogens (tertiary/aromatic N) is 3. The van der Waals surface area contributed by atoms with Gasteiger partial charge in [-0.25, -0.2) is 12.7 Å². The molecule has 8 nitrogen and oxygen atoms in total. The smallest absolute Gasteiger partial charge is 0.253 e. The number of hydrogen-bond donors (Lipinski definition) is 1. The lowest BCUT2D eigenvalue weighted by Gasteiger charge is -2.30. The minimum Gasteiger partial charge on any atom is -0.378 e. The van der Waals surface area contributed by atoms with E-state index in [2.05, 4.69) is 29.0 Å². The van der Waals surface area contributed by atoms with Crippen molar-refractivity contribution in [2.24, 2.45) is 0 Å². The predicted molar refractivity (Wildman–Crippen MR) is 110 cm³/mol. The Hall–Kier alpha value is -1.68. The standard InChI is InChI=1S/C19H32N4O4S/c1-5-22(6-2)10-9-20-19(24)17-15-16(28(25,26)21(3)4)7-8-18(17)23-11-13-27-14-12-23/h7-8,15H,5-6,9-14H2,1-4H3,(H,20,24). The summed E-state index contributed by atoms with van der Waals surface area (Å²) >= 11 is 0. The van der Waals surface area contributed by atoms with Crippen molar-refractivity contribution in [1.29, 1.82) is 0 Å². The topological polar surface area (TPSA) is 82.2 Å². The minimum absolute atomic E-state index is 0.114. The van der Waals surface area contributed by atoms with Crippen molar-refractivity contribution >= 4 is 21.6 Å². The zero-order chi connectivity index (χ0) is 20.7. The number of morpholine rings is 1. The third kappa shape index (κ3) is 5.44. The molecule has 0 bridgehead atoms. The molecule has 28 heavy (non-hydrogen) atoms. The quantitative estimate of drug-likeness (QED) is 0.647. The van der Waals surface area contributed by atoms with Gasteiger partial charge < -0.3 is 19.9 Å². The van der Waals surface area contributed by atoms with Gasteiger partial charge in [0.15, 0.2) is 0 Å². The van der Waals surface area contributed by atoms with Crippen LogP contribution in [0.25, 0.3) is 0 Å². The highest BCUT2D eigenvalue weighted by molar-refractivity contribution is 7.89. The van der Waals surface area contributed by atoms with E-state index in [4.69, 9.17) is 4.74 Å². The molecule has 1 fully saturated rings. The van der Waals surface area contributed by atoms with Crippen LogP contribution in [0.5, 0.6) is 0 Å². The number of carbonyl (C=O) groups is 1. The average molecular weight is 413 g/mol. The lowest BCUT2D eigenvalue weighted by atomic mass is 10.1. The first kappa shape index (κ1) is 22.6. The maximum atomic E-state index is 12.9. The third-order valence-electron chi connectivity index (χ3n) is 4.95. The third-order valence-corrected chi connectivity index (χ3v) is 6.76. The number of sulfonamides is 1. The molecule has 1 aliphatic heterocycles. The zero-order valence-corrected chi connectivity index (χ0v) is 18.1. The fourth-order valence-electron chi connectivity index (χ4n) is 3.11. The van der Waals surface area contributed by atoms with Gasteiger partial charge in [0.2, 0.25) is 10.0 Å². The first-order valence-corrected chi connectivity index (χ1v) is 11.1. The summed E-state index contributed by atoms with van der Waals surface area (Å²) < 4.78 is 31.6. The molecule has 0 unspecified atom stereocenters. The average Bonchev–Trinajstić information content (AvgIpc) is 2.71. The molecule has 0 aliphatic carbocycles. The molecule has 1 heterocycles. The van der Waals surface area contributed by atoms with Crippen LogP contribution in [-0.2, 0) is 14.8 Å². The van der Waals surface area contributed by atoms with Crippen molar-refractivity contribution in [1.82, 2.24) is 14.5 Å². The Morgan fingerprint density at radius 2 is 1.82 bits per heavy atom. The monoisotopic (exact) mass is 412 g/mol. The summed E-state index contributed by atoms with van der Waals surface area (Å²) in [6.45, 7) is 9.76. The SMILES string of the molecule is CCN(CC)CCNC(=O)c1cc(S(=O)(=O)N(C)C)ccc1N1CCOCC1. The van der Waals surface area contributed by atoms with E-state index in [-0.39, 0.29) is 10.8 Å². The molecule has 9 heteroatoms. The number of anilines is 1. The Bertz CT molecular complexity index is 757. The van der Waals surface area contributed by atoms with E-state index in [0.717, 1.165) is 29.6 Å². The lowest BCUT2D eigenvalue weighted by Crippen LogP contribution is -2.39. The Kier molecular flexibility index (Phi) is 8.23. The summed E-state index contributed by atoms with van der Waals surface area (Å²) in [7, 11) is -0.658. The molecule has 0 aromatic heterocycles. The normalized spacial score (nSPS) is 15.3. The van der Waals surface area contributed by atoms with Crippen LogP contribution >= 0.6 is 0 Å². The van der Waals surface area contributed by atoms with Crippen molar-refractivity contribution in [3.05, 3.63) is 23.8 Å². The van der Waals surface area contributed by atoms with Crippen molar-refractivity contribution in [2.75, 3.05) is 71.5 Å². The van der Waals surface area contributed by atoms with Gasteiger partial charge in [-0.05, 0) is 31.3 Å². The summed E-state index contributed by atoms with van der Waals surface area (Å²) in [6, 6.07) is 4.76. The highest BCUT2D eigenvalue weighted by Gasteiger charge is 2.24. The Morgan fingerprint density at radius 1 is 1.18 bits per heavy atom. The molecule has 158 valence electrons. The number of nitrogens with one attached hydrogen (secondary N) is 1. The van der Waals surface area contributed by atoms with Gasteiger partial charge in [0, 0.05) is 46.0 Å². The van der Waals surface area contributed by atoms with Crippen LogP contribution in [-0.4, -0.2) is 90.1 Å². The molecular weight excluding hydrogens is 380 g/mol. The van der Waals surface area contributed by atoms with Crippen LogP contribution < -0.4 is 10.2 Å². The van der Waals surface area contributed by atoms with E-state index in [1.807, 2.05) is 0 Å². The summed E-state index contributed by atoms with van der Waals surface area (Å²) in [5.41, 5.74) is 1.12. The number of hydrogen-bond acceptors (Lipinski definition) is 6. The number of likely N-dealkylation sites (N-methyl/N-ethyl adjacent to an activating group) is 1. The van der Waals surface area contributed by atoms with Crippen LogP contribution in [0.15, 0.2) is 23.1 Å². The second kappa shape index (κ2) is 10.2. The zero-order valence-electron chi connectivity index (χ0n) is 17.3. The van der Waals surface area contributed by atoms with E-state index >= 15 is 0 Å². The van der Waals surface area contributed by atoms with Crippen molar-refractivity contribution in [3.8, 4) is 0 Å². The van der Waals surface area contributed by atoms with Crippen LogP contribution in [0, 0.1) is 0 Å². The van der Waals surface area contributed by atoms with Crippen LogP contribution in [0.4, 0.5) is 5.69 Å². The fraction of sp³-hybridized carbons (Fsp3) is 0.632. The molecular formula is C19H32N4O4S. The van der Waals surface area contributed by atoms with Crippen molar-refractivity contribution in [2.45, 2.75) is 18.7 Å². The predicted octanol–water partition coefficient (Wildman–Crippen LogP) is 0.845. The molecule has 1 aliphatic rings. The summed E-state index contributed by atoms with van der Waals surface area (Å²) in [4.78, 5) is 17.3. The number of ether oxygens (including phenoxy) is 1. The number of rotatable bonds is 9. The van der Waals surface area contributed by atoms with Gasteiger partial charge in [-0.1, -0.05) is 13.8 Å². The maximum Gasteiger partial charge on any atom is 0.253 e. The molecule has 1 amide bonds. The number of carbonyl (C=O) groups excluding carboxylic acids is 1. The van der Waals surface area contributed by atoms with Gasteiger partial charge >= 0.3 is 0 Å². The van der Waals surface area contributed by atoms with Gasteiger partial charge in [-0.3, -0.25) is 4.79 Å². The fourth-order valence-corrected chi connectivity index (χ4v) is 4.04. The summed E-state index contributed by atoms with van der Waals surface area (Å²) in [6.07, 6.45) is 0. The second-order valence-electron chi connectivity index (χ2n) is 6.85. The van der Waals surface area contributed by atoms with Gasteiger partial charge in [0.25, 0.3) is 5.91 Å². The van der Waals surface area contributed by atoms with E-state index < -0.39 is 10.0 Å². The number of benzene rings is 1. The molecule has 0 saturated carbocycles. The van der Waals surface area contributed by atoms with Crippen LogP contribution in [0.1, 0.15) is 24.2 Å². The van der Waals surface area contributed by atoms with Gasteiger partial charge in [-0.2, -0.15) is 0 Å². The molecule has 0 radical (unpaired) electrons. The largest absolute Gasteiger partial charge is 0.378 e.